The zero-order valence-corrected chi connectivity index (χ0v) is 14.4. The van der Waals surface area contributed by atoms with Gasteiger partial charge in [0.1, 0.15) is 0 Å². The quantitative estimate of drug-likeness (QED) is 0.760. The number of amides is 1. The molecule has 1 heterocycles. The van der Waals surface area contributed by atoms with Crippen LogP contribution in [0.3, 0.4) is 0 Å². The molecule has 1 saturated heterocycles. The Morgan fingerprint density at radius 3 is 2.57 bits per heavy atom. The molecule has 0 radical (unpaired) electrons. The van der Waals surface area contributed by atoms with Gasteiger partial charge in [-0.3, -0.25) is 9.69 Å². The lowest BCUT2D eigenvalue weighted by atomic mass is 9.87. The Balaban J connectivity index is 1.80. The molecule has 2 N–H and O–H groups in total. The van der Waals surface area contributed by atoms with E-state index in [2.05, 4.69) is 17.1 Å². The summed E-state index contributed by atoms with van der Waals surface area (Å²) in [5.74, 6) is 0.407. The molecule has 1 aromatic rings. The molecular formula is C19H30N2O2. The highest BCUT2D eigenvalue weighted by atomic mass is 16.3. The summed E-state index contributed by atoms with van der Waals surface area (Å²) in [6, 6.07) is 9.80. The first-order valence-corrected chi connectivity index (χ1v) is 8.88. The summed E-state index contributed by atoms with van der Waals surface area (Å²) in [5.41, 5.74) is 0.997. The van der Waals surface area contributed by atoms with Crippen molar-refractivity contribution >= 4 is 5.91 Å². The second-order valence-electron chi connectivity index (χ2n) is 6.55. The number of aliphatic hydroxyl groups excluding tert-OH is 1. The van der Waals surface area contributed by atoms with E-state index in [1.807, 2.05) is 37.3 Å². The predicted octanol–water partition coefficient (Wildman–Crippen LogP) is 2.74. The van der Waals surface area contributed by atoms with Crippen molar-refractivity contribution < 1.29 is 9.90 Å². The average Bonchev–Trinajstić information content (AvgIpc) is 2.61. The summed E-state index contributed by atoms with van der Waals surface area (Å²) >= 11 is 0. The number of benzene rings is 1. The number of nitrogens with zero attached hydrogens (tertiary/aromatic N) is 1. The third-order valence-corrected chi connectivity index (χ3v) is 4.92. The Hall–Kier alpha value is -1.39. The van der Waals surface area contributed by atoms with E-state index in [9.17, 15) is 9.90 Å². The van der Waals surface area contributed by atoms with Gasteiger partial charge < -0.3 is 10.4 Å². The number of aliphatic hydroxyl groups is 1. The molecule has 0 spiro atoms. The fraction of sp³-hybridized carbons (Fsp3) is 0.632. The lowest BCUT2D eigenvalue weighted by Gasteiger charge is -2.37. The van der Waals surface area contributed by atoms with E-state index in [1.165, 1.54) is 0 Å². The van der Waals surface area contributed by atoms with Crippen LogP contribution < -0.4 is 5.32 Å². The molecule has 1 aromatic carbocycles. The Kier molecular flexibility index (Phi) is 7.06. The fourth-order valence-corrected chi connectivity index (χ4v) is 3.25. The van der Waals surface area contributed by atoms with E-state index < -0.39 is 6.10 Å². The second-order valence-corrected chi connectivity index (χ2v) is 6.55. The predicted molar refractivity (Wildman–Crippen MR) is 93.1 cm³/mol. The SMILES string of the molecule is CCCCNC(=O)C(C)N1CCC(C(O)c2ccccc2)CC1. The maximum absolute atomic E-state index is 12.2. The Morgan fingerprint density at radius 2 is 1.96 bits per heavy atom. The molecule has 2 rings (SSSR count). The minimum absolute atomic E-state index is 0.0818. The van der Waals surface area contributed by atoms with Crippen LogP contribution in [0, 0.1) is 5.92 Å². The zero-order valence-electron chi connectivity index (χ0n) is 14.4. The first kappa shape index (κ1) is 18.0. The minimum Gasteiger partial charge on any atom is -0.388 e. The lowest BCUT2D eigenvalue weighted by Crippen LogP contribution is -2.48. The van der Waals surface area contributed by atoms with E-state index in [-0.39, 0.29) is 17.9 Å². The van der Waals surface area contributed by atoms with Crippen LogP contribution in [0.25, 0.3) is 0 Å². The molecule has 23 heavy (non-hydrogen) atoms. The highest BCUT2D eigenvalue weighted by molar-refractivity contribution is 5.81. The molecule has 128 valence electrons. The van der Waals surface area contributed by atoms with Gasteiger partial charge in [0.05, 0.1) is 12.1 Å². The molecule has 0 bridgehead atoms. The standard InChI is InChI=1S/C19H30N2O2/c1-3-4-12-20-19(23)15(2)21-13-10-17(11-14-21)18(22)16-8-6-5-7-9-16/h5-9,15,17-18,22H,3-4,10-14H2,1-2H3,(H,20,23). The van der Waals surface area contributed by atoms with Gasteiger partial charge in [0.15, 0.2) is 0 Å². The molecule has 2 unspecified atom stereocenters. The molecule has 1 fully saturated rings. The molecular weight excluding hydrogens is 288 g/mol. The smallest absolute Gasteiger partial charge is 0.237 e. The second kappa shape index (κ2) is 9.04. The van der Waals surface area contributed by atoms with Gasteiger partial charge in [-0.15, -0.1) is 0 Å². The van der Waals surface area contributed by atoms with Crippen LogP contribution in [-0.4, -0.2) is 41.6 Å². The summed E-state index contributed by atoms with van der Waals surface area (Å²) in [4.78, 5) is 14.4. The maximum Gasteiger partial charge on any atom is 0.237 e. The minimum atomic E-state index is -0.396. The van der Waals surface area contributed by atoms with E-state index in [0.717, 1.165) is 50.9 Å². The van der Waals surface area contributed by atoms with Crippen LogP contribution in [0.15, 0.2) is 30.3 Å². The number of hydrogen-bond donors (Lipinski definition) is 2. The van der Waals surface area contributed by atoms with Crippen molar-refractivity contribution in [3.63, 3.8) is 0 Å². The summed E-state index contributed by atoms with van der Waals surface area (Å²) in [6.45, 7) is 6.62. The van der Waals surface area contributed by atoms with Crippen LogP contribution in [0.2, 0.25) is 0 Å². The number of carbonyl (C=O) groups excluding carboxylic acids is 1. The maximum atomic E-state index is 12.2. The van der Waals surface area contributed by atoms with Crippen LogP contribution in [0.5, 0.6) is 0 Å². The normalized spacial score (nSPS) is 19.3. The molecule has 4 nitrogen and oxygen atoms in total. The van der Waals surface area contributed by atoms with E-state index in [4.69, 9.17) is 0 Å². The fourth-order valence-electron chi connectivity index (χ4n) is 3.25. The summed E-state index contributed by atoms with van der Waals surface area (Å²) in [7, 11) is 0. The van der Waals surface area contributed by atoms with E-state index >= 15 is 0 Å². The van der Waals surface area contributed by atoms with Gasteiger partial charge in [-0.1, -0.05) is 43.7 Å². The molecule has 1 amide bonds. The van der Waals surface area contributed by atoms with E-state index in [0.29, 0.717) is 0 Å². The zero-order chi connectivity index (χ0) is 16.7. The average molecular weight is 318 g/mol. The number of carbonyl (C=O) groups is 1. The van der Waals surface area contributed by atoms with Gasteiger partial charge in [0, 0.05) is 6.54 Å². The molecule has 4 heteroatoms. The van der Waals surface area contributed by atoms with Gasteiger partial charge >= 0.3 is 0 Å². The molecule has 0 aliphatic carbocycles. The molecule has 2 atom stereocenters. The van der Waals surface area contributed by atoms with Crippen LogP contribution in [0.1, 0.15) is 51.2 Å². The Bertz CT molecular complexity index is 470. The van der Waals surface area contributed by atoms with Crippen molar-refractivity contribution in [3.8, 4) is 0 Å². The van der Waals surface area contributed by atoms with Gasteiger partial charge in [0.2, 0.25) is 5.91 Å². The first-order valence-electron chi connectivity index (χ1n) is 8.88. The van der Waals surface area contributed by atoms with Crippen molar-refractivity contribution in [2.75, 3.05) is 19.6 Å². The van der Waals surface area contributed by atoms with Crippen molar-refractivity contribution in [2.45, 2.75) is 51.7 Å². The summed E-state index contributed by atoms with van der Waals surface area (Å²) in [5, 5.41) is 13.5. The molecule has 1 aliphatic heterocycles. The van der Waals surface area contributed by atoms with Gasteiger partial charge in [-0.25, -0.2) is 0 Å². The van der Waals surface area contributed by atoms with Crippen LogP contribution >= 0.6 is 0 Å². The highest BCUT2D eigenvalue weighted by Gasteiger charge is 2.30. The molecule has 1 aliphatic rings. The number of rotatable bonds is 7. The van der Waals surface area contributed by atoms with Gasteiger partial charge in [-0.05, 0) is 50.8 Å². The molecule has 0 aromatic heterocycles. The lowest BCUT2D eigenvalue weighted by molar-refractivity contribution is -0.126. The Morgan fingerprint density at radius 1 is 1.30 bits per heavy atom. The number of hydrogen-bond acceptors (Lipinski definition) is 3. The Labute approximate surface area is 139 Å². The first-order chi connectivity index (χ1) is 11.1. The van der Waals surface area contributed by atoms with Gasteiger partial charge in [-0.2, -0.15) is 0 Å². The third-order valence-electron chi connectivity index (χ3n) is 4.92. The van der Waals surface area contributed by atoms with Crippen molar-refractivity contribution in [1.29, 1.82) is 0 Å². The van der Waals surface area contributed by atoms with Gasteiger partial charge in [0.25, 0.3) is 0 Å². The van der Waals surface area contributed by atoms with Crippen molar-refractivity contribution in [3.05, 3.63) is 35.9 Å². The third kappa shape index (κ3) is 5.05. The number of nitrogens with one attached hydrogen (secondary N) is 1. The monoisotopic (exact) mass is 318 g/mol. The van der Waals surface area contributed by atoms with Crippen molar-refractivity contribution in [2.24, 2.45) is 5.92 Å². The summed E-state index contributed by atoms with van der Waals surface area (Å²) in [6.07, 6.45) is 3.60. The van der Waals surface area contributed by atoms with Crippen LogP contribution in [-0.2, 0) is 4.79 Å². The number of unbranched alkanes of at least 4 members (excludes halogenated alkanes) is 1. The highest BCUT2D eigenvalue weighted by Crippen LogP contribution is 2.31. The van der Waals surface area contributed by atoms with Crippen molar-refractivity contribution in [1.82, 2.24) is 10.2 Å². The number of likely N-dealkylation sites (tertiary alicyclic amines) is 1. The molecule has 0 saturated carbocycles. The summed E-state index contributed by atoms with van der Waals surface area (Å²) < 4.78 is 0. The largest absolute Gasteiger partial charge is 0.388 e. The van der Waals surface area contributed by atoms with E-state index in [1.54, 1.807) is 0 Å². The topological polar surface area (TPSA) is 52.6 Å². The number of piperidine rings is 1. The van der Waals surface area contributed by atoms with Crippen LogP contribution in [0.4, 0.5) is 0 Å².